The van der Waals surface area contributed by atoms with Gasteiger partial charge in [-0.2, -0.15) is 0 Å². The molecule has 0 fully saturated rings. The van der Waals surface area contributed by atoms with Gasteiger partial charge in [-0.3, -0.25) is 0 Å². The lowest BCUT2D eigenvalue weighted by molar-refractivity contribution is 0.0697. The van der Waals surface area contributed by atoms with Crippen molar-refractivity contribution in [1.29, 1.82) is 0 Å². The van der Waals surface area contributed by atoms with Crippen LogP contribution in [0.4, 0.5) is 0 Å². The van der Waals surface area contributed by atoms with E-state index in [1.807, 2.05) is 6.92 Å². The van der Waals surface area contributed by atoms with Crippen molar-refractivity contribution in [2.24, 2.45) is 5.92 Å². The minimum atomic E-state index is -3.62. The fraction of sp³-hybridized carbons (Fsp3) is 0.583. The molecule has 0 aliphatic carbocycles. The van der Waals surface area contributed by atoms with Gasteiger partial charge in [0, 0.05) is 11.4 Å². The zero-order valence-corrected chi connectivity index (χ0v) is 12.8. The van der Waals surface area contributed by atoms with Crippen LogP contribution in [-0.4, -0.2) is 25.5 Å². The largest absolute Gasteiger partial charge is 0.478 e. The fourth-order valence-corrected chi connectivity index (χ4v) is 4.14. The molecule has 0 radical (unpaired) electrons. The van der Waals surface area contributed by atoms with E-state index in [1.54, 1.807) is 0 Å². The summed E-state index contributed by atoms with van der Waals surface area (Å²) in [5, 5.41) is 10.1. The average Bonchev–Trinajstić information content (AvgIpc) is 2.77. The fourth-order valence-electron chi connectivity index (χ4n) is 1.71. The Morgan fingerprint density at radius 3 is 2.58 bits per heavy atom. The number of carbonyl (C=O) groups is 1. The van der Waals surface area contributed by atoms with E-state index < -0.39 is 16.0 Å². The van der Waals surface area contributed by atoms with Gasteiger partial charge in [0.1, 0.15) is 4.21 Å². The van der Waals surface area contributed by atoms with Crippen molar-refractivity contribution in [3.63, 3.8) is 0 Å². The molecule has 5 nitrogen and oxygen atoms in total. The van der Waals surface area contributed by atoms with Gasteiger partial charge in [0.15, 0.2) is 0 Å². The molecular weight excluding hydrogens is 286 g/mol. The molecular formula is C12H19NO4S2. The van der Waals surface area contributed by atoms with Crippen molar-refractivity contribution >= 4 is 27.3 Å². The summed E-state index contributed by atoms with van der Waals surface area (Å²) in [6.07, 6.45) is 1.75. The number of rotatable bonds is 7. The van der Waals surface area contributed by atoms with Gasteiger partial charge < -0.3 is 5.11 Å². The highest BCUT2D eigenvalue weighted by molar-refractivity contribution is 7.91. The van der Waals surface area contributed by atoms with Gasteiger partial charge in [0.25, 0.3) is 0 Å². The highest BCUT2D eigenvalue weighted by Gasteiger charge is 2.21. The Bertz CT molecular complexity index is 536. The van der Waals surface area contributed by atoms with Crippen molar-refractivity contribution in [3.05, 3.63) is 17.0 Å². The first-order chi connectivity index (χ1) is 8.76. The topological polar surface area (TPSA) is 83.5 Å². The van der Waals surface area contributed by atoms with Crippen LogP contribution in [0.2, 0.25) is 0 Å². The minimum Gasteiger partial charge on any atom is -0.478 e. The maximum atomic E-state index is 12.1. The Kier molecular flexibility index (Phi) is 5.51. The third kappa shape index (κ3) is 4.59. The number of thiophene rings is 1. The van der Waals surface area contributed by atoms with E-state index in [9.17, 15) is 13.2 Å². The monoisotopic (exact) mass is 305 g/mol. The van der Waals surface area contributed by atoms with Crippen LogP contribution < -0.4 is 4.72 Å². The van der Waals surface area contributed by atoms with Crippen LogP contribution in [0.1, 0.15) is 44.0 Å². The predicted octanol–water partition coefficient (Wildman–Crippen LogP) is 2.55. The molecule has 1 aromatic heterocycles. The van der Waals surface area contributed by atoms with Crippen molar-refractivity contribution in [2.45, 2.75) is 43.9 Å². The molecule has 0 aromatic carbocycles. The van der Waals surface area contributed by atoms with Gasteiger partial charge in [0.05, 0.1) is 5.56 Å². The third-order valence-corrected chi connectivity index (χ3v) is 5.93. The first-order valence-corrected chi connectivity index (χ1v) is 8.46. The summed E-state index contributed by atoms with van der Waals surface area (Å²) in [5.74, 6) is -0.680. The molecule has 2 unspecified atom stereocenters. The summed E-state index contributed by atoms with van der Waals surface area (Å²) in [4.78, 5) is 10.7. The number of aromatic carboxylic acids is 1. The van der Waals surface area contributed by atoms with Crippen molar-refractivity contribution in [3.8, 4) is 0 Å². The SMILES string of the molecule is CCC(C)CC(C)NS(=O)(=O)c1cc(C(=O)O)cs1. The van der Waals surface area contributed by atoms with E-state index in [4.69, 9.17) is 5.11 Å². The summed E-state index contributed by atoms with van der Waals surface area (Å²) in [6.45, 7) is 5.94. The molecule has 0 saturated heterocycles. The maximum Gasteiger partial charge on any atom is 0.336 e. The summed E-state index contributed by atoms with van der Waals surface area (Å²) < 4.78 is 26.7. The molecule has 0 aliphatic heterocycles. The Morgan fingerprint density at radius 1 is 1.47 bits per heavy atom. The number of nitrogens with one attached hydrogen (secondary N) is 1. The van der Waals surface area contributed by atoms with Gasteiger partial charge in [-0.05, 0) is 25.3 Å². The van der Waals surface area contributed by atoms with Crippen LogP contribution in [0, 0.1) is 5.92 Å². The van der Waals surface area contributed by atoms with Gasteiger partial charge in [-0.1, -0.05) is 20.3 Å². The van der Waals surface area contributed by atoms with E-state index in [-0.39, 0.29) is 15.8 Å². The van der Waals surface area contributed by atoms with Crippen LogP contribution in [0.5, 0.6) is 0 Å². The van der Waals surface area contributed by atoms with Crippen molar-refractivity contribution in [2.75, 3.05) is 0 Å². The summed E-state index contributed by atoms with van der Waals surface area (Å²) in [6, 6.07) is 1.01. The molecule has 1 aromatic rings. The van der Waals surface area contributed by atoms with Crippen LogP contribution in [-0.2, 0) is 10.0 Å². The molecule has 0 aliphatic rings. The van der Waals surface area contributed by atoms with Crippen molar-refractivity contribution < 1.29 is 18.3 Å². The van der Waals surface area contributed by atoms with Crippen LogP contribution in [0.15, 0.2) is 15.7 Å². The van der Waals surface area contributed by atoms with E-state index in [0.29, 0.717) is 5.92 Å². The first-order valence-electron chi connectivity index (χ1n) is 6.10. The molecule has 2 atom stereocenters. The number of hydrogen-bond donors (Lipinski definition) is 2. The Labute approximate surface area is 117 Å². The van der Waals surface area contributed by atoms with Crippen LogP contribution in [0.3, 0.4) is 0 Å². The van der Waals surface area contributed by atoms with Gasteiger partial charge >= 0.3 is 5.97 Å². The van der Waals surface area contributed by atoms with Gasteiger partial charge in [0.2, 0.25) is 10.0 Å². The molecule has 0 bridgehead atoms. The lowest BCUT2D eigenvalue weighted by Crippen LogP contribution is -2.33. The summed E-state index contributed by atoms with van der Waals surface area (Å²) >= 11 is 0.920. The molecule has 2 N–H and O–H groups in total. The molecule has 0 amide bonds. The minimum absolute atomic E-state index is 0.0000423. The maximum absolute atomic E-state index is 12.1. The molecule has 1 heterocycles. The highest BCUT2D eigenvalue weighted by atomic mass is 32.2. The second-order valence-electron chi connectivity index (χ2n) is 4.73. The smallest absolute Gasteiger partial charge is 0.336 e. The van der Waals surface area contributed by atoms with Crippen LogP contribution >= 0.6 is 11.3 Å². The quantitative estimate of drug-likeness (QED) is 0.811. The van der Waals surface area contributed by atoms with Crippen LogP contribution in [0.25, 0.3) is 0 Å². The number of carboxylic acids is 1. The standard InChI is InChI=1S/C12H19NO4S2/c1-4-8(2)5-9(3)13-19(16,17)11-6-10(7-18-11)12(14)15/h6-9,13H,4-5H2,1-3H3,(H,14,15). The normalized spacial score (nSPS) is 15.1. The zero-order valence-electron chi connectivity index (χ0n) is 11.2. The van der Waals surface area contributed by atoms with E-state index >= 15 is 0 Å². The van der Waals surface area contributed by atoms with Crippen molar-refractivity contribution in [1.82, 2.24) is 4.72 Å². The average molecular weight is 305 g/mol. The lowest BCUT2D eigenvalue weighted by atomic mass is 10.0. The molecule has 0 saturated carbocycles. The first kappa shape index (κ1) is 16.1. The predicted molar refractivity (Wildman–Crippen MR) is 75.1 cm³/mol. The molecule has 108 valence electrons. The molecule has 7 heteroatoms. The Balaban J connectivity index is 2.77. The van der Waals surface area contributed by atoms with E-state index in [1.165, 1.54) is 11.4 Å². The Morgan fingerprint density at radius 2 is 2.11 bits per heavy atom. The van der Waals surface area contributed by atoms with Gasteiger partial charge in [-0.15, -0.1) is 11.3 Å². The number of hydrogen-bond acceptors (Lipinski definition) is 4. The van der Waals surface area contributed by atoms with Gasteiger partial charge in [-0.25, -0.2) is 17.9 Å². The highest BCUT2D eigenvalue weighted by Crippen LogP contribution is 2.21. The second-order valence-corrected chi connectivity index (χ2v) is 7.58. The summed E-state index contributed by atoms with van der Waals surface area (Å²) in [5.41, 5.74) is -0.0000423. The second kappa shape index (κ2) is 6.49. The molecule has 1 rings (SSSR count). The molecule has 0 spiro atoms. The Hall–Kier alpha value is -0.920. The van der Waals surface area contributed by atoms with E-state index in [0.717, 1.165) is 24.2 Å². The van der Waals surface area contributed by atoms with E-state index in [2.05, 4.69) is 18.6 Å². The third-order valence-electron chi connectivity index (χ3n) is 2.90. The molecule has 19 heavy (non-hydrogen) atoms. The summed E-state index contributed by atoms with van der Waals surface area (Å²) in [7, 11) is -3.62. The number of carboxylic acid groups (broad SMARTS) is 1. The number of sulfonamides is 1. The lowest BCUT2D eigenvalue weighted by Gasteiger charge is -2.16. The zero-order chi connectivity index (χ0) is 14.6.